The Bertz CT molecular complexity index is 1410. The lowest BCUT2D eigenvalue weighted by Crippen LogP contribution is -2.30. The van der Waals surface area contributed by atoms with Crippen molar-refractivity contribution in [3.63, 3.8) is 0 Å². The predicted molar refractivity (Wildman–Crippen MR) is 129 cm³/mol. The number of halogens is 3. The molecular weight excluding hydrogens is 495 g/mol. The van der Waals surface area contributed by atoms with Crippen molar-refractivity contribution in [3.8, 4) is 5.75 Å². The quantitative estimate of drug-likeness (QED) is 0.524. The summed E-state index contributed by atoms with van der Waals surface area (Å²) in [5.74, 6) is 0.241. The molecule has 0 atom stereocenters. The third kappa shape index (κ3) is 4.86. The summed E-state index contributed by atoms with van der Waals surface area (Å²) >= 11 is 0. The van der Waals surface area contributed by atoms with Gasteiger partial charge in [0, 0.05) is 36.3 Å². The second kappa shape index (κ2) is 9.43. The first-order valence-corrected chi connectivity index (χ1v) is 12.7. The first-order chi connectivity index (χ1) is 17.2. The average molecular weight is 518 g/mol. The van der Waals surface area contributed by atoms with Gasteiger partial charge in [-0.1, -0.05) is 6.08 Å². The van der Waals surface area contributed by atoms with E-state index in [2.05, 4.69) is 20.0 Å². The Hall–Kier alpha value is -3.64. The van der Waals surface area contributed by atoms with Gasteiger partial charge in [0.2, 0.25) is 5.95 Å². The number of sulfonamides is 1. The predicted octanol–water partition coefficient (Wildman–Crippen LogP) is 4.20. The van der Waals surface area contributed by atoms with Gasteiger partial charge < -0.3 is 15.0 Å². The summed E-state index contributed by atoms with van der Waals surface area (Å²) in [4.78, 5) is 9.56. The van der Waals surface area contributed by atoms with E-state index >= 15 is 0 Å². The van der Waals surface area contributed by atoms with Gasteiger partial charge in [-0.2, -0.15) is 13.2 Å². The maximum Gasteiger partial charge on any atom is 0.416 e. The van der Waals surface area contributed by atoms with Gasteiger partial charge in [-0.05, 0) is 54.9 Å². The third-order valence-electron chi connectivity index (χ3n) is 5.92. The molecular formula is C24H22F3N5O3S. The molecule has 1 aromatic heterocycles. The lowest BCUT2D eigenvalue weighted by Gasteiger charge is -2.34. The van der Waals surface area contributed by atoms with Gasteiger partial charge in [0.15, 0.2) is 0 Å². The molecule has 0 saturated carbocycles. The van der Waals surface area contributed by atoms with Crippen molar-refractivity contribution in [2.75, 3.05) is 35.9 Å². The smallest absolute Gasteiger partial charge is 0.416 e. The first kappa shape index (κ1) is 24.1. The SMILES string of the molecule is O=S(=O)(Nc1ncccn1)c1ccc2c(c1)OCCN2c1ccc(C(F)(F)F)cc1C1=CCNCC1. The lowest BCUT2D eigenvalue weighted by atomic mass is 9.95. The highest BCUT2D eigenvalue weighted by Gasteiger charge is 2.33. The van der Waals surface area contributed by atoms with Crippen LogP contribution in [-0.2, 0) is 16.2 Å². The zero-order chi connectivity index (χ0) is 25.3. The average Bonchev–Trinajstić information content (AvgIpc) is 2.88. The summed E-state index contributed by atoms with van der Waals surface area (Å²) < 4.78 is 74.3. The van der Waals surface area contributed by atoms with Crippen LogP contribution in [0.15, 0.2) is 65.8 Å². The van der Waals surface area contributed by atoms with Gasteiger partial charge in [-0.15, -0.1) is 0 Å². The van der Waals surface area contributed by atoms with Crippen LogP contribution >= 0.6 is 0 Å². The van der Waals surface area contributed by atoms with Crippen molar-refractivity contribution in [2.24, 2.45) is 0 Å². The maximum atomic E-state index is 13.5. The van der Waals surface area contributed by atoms with E-state index in [1.54, 1.807) is 12.1 Å². The van der Waals surface area contributed by atoms with Crippen LogP contribution < -0.4 is 19.7 Å². The Labute approximate surface area is 205 Å². The van der Waals surface area contributed by atoms with Crippen LogP contribution in [0.3, 0.4) is 0 Å². The summed E-state index contributed by atoms with van der Waals surface area (Å²) in [6.07, 6.45) is 0.853. The normalized spacial score (nSPS) is 16.1. The largest absolute Gasteiger partial charge is 0.489 e. The molecule has 3 aromatic rings. The third-order valence-corrected chi connectivity index (χ3v) is 7.25. The van der Waals surface area contributed by atoms with Crippen LogP contribution in [0, 0.1) is 0 Å². The number of nitrogens with zero attached hydrogens (tertiary/aromatic N) is 3. The Morgan fingerprint density at radius 3 is 2.56 bits per heavy atom. The van der Waals surface area contributed by atoms with E-state index in [0.717, 1.165) is 11.6 Å². The van der Waals surface area contributed by atoms with E-state index in [0.29, 0.717) is 48.7 Å². The summed E-state index contributed by atoms with van der Waals surface area (Å²) in [6.45, 7) is 1.86. The standard InChI is InChI=1S/C24H22F3N5O3S/c25-24(26,27)17-2-4-20(19(14-17)16-6-10-28-11-7-16)32-12-13-35-22-15-18(3-5-21(22)32)36(33,34)31-23-29-8-1-9-30-23/h1-6,8-9,14-15,28H,7,10-13H2,(H,29,30,31). The Balaban J connectivity index is 1.53. The summed E-state index contributed by atoms with van der Waals surface area (Å²) in [6, 6.07) is 9.68. The van der Waals surface area contributed by atoms with E-state index < -0.39 is 21.8 Å². The molecule has 2 N–H and O–H groups in total. The second-order valence-corrected chi connectivity index (χ2v) is 9.90. The Morgan fingerprint density at radius 1 is 1.06 bits per heavy atom. The number of hydrogen-bond acceptors (Lipinski definition) is 7. The van der Waals surface area contributed by atoms with E-state index in [9.17, 15) is 21.6 Å². The molecule has 3 heterocycles. The minimum atomic E-state index is -4.47. The summed E-state index contributed by atoms with van der Waals surface area (Å²) in [7, 11) is -3.99. The molecule has 12 heteroatoms. The van der Waals surface area contributed by atoms with Crippen molar-refractivity contribution in [3.05, 3.63) is 72.1 Å². The van der Waals surface area contributed by atoms with Gasteiger partial charge in [0.25, 0.3) is 10.0 Å². The van der Waals surface area contributed by atoms with Crippen molar-refractivity contribution < 1.29 is 26.3 Å². The number of benzene rings is 2. The topological polar surface area (TPSA) is 96.5 Å². The van der Waals surface area contributed by atoms with Crippen LogP contribution in [0.2, 0.25) is 0 Å². The number of anilines is 3. The zero-order valence-corrected chi connectivity index (χ0v) is 19.7. The molecule has 0 unspecified atom stereocenters. The van der Waals surface area contributed by atoms with E-state index in [1.165, 1.54) is 36.7 Å². The number of aromatic nitrogens is 2. The van der Waals surface area contributed by atoms with Gasteiger partial charge >= 0.3 is 6.18 Å². The molecule has 0 radical (unpaired) electrons. The molecule has 188 valence electrons. The van der Waals surface area contributed by atoms with Crippen LogP contribution in [-0.4, -0.2) is 44.6 Å². The van der Waals surface area contributed by atoms with Crippen molar-refractivity contribution in [1.82, 2.24) is 15.3 Å². The molecule has 0 fully saturated rings. The fourth-order valence-electron chi connectivity index (χ4n) is 4.22. The summed E-state index contributed by atoms with van der Waals surface area (Å²) in [5, 5.41) is 3.18. The van der Waals surface area contributed by atoms with Gasteiger partial charge in [0.1, 0.15) is 12.4 Å². The highest BCUT2D eigenvalue weighted by molar-refractivity contribution is 7.92. The van der Waals surface area contributed by atoms with Crippen LogP contribution in [0.25, 0.3) is 5.57 Å². The zero-order valence-electron chi connectivity index (χ0n) is 18.9. The van der Waals surface area contributed by atoms with E-state index in [-0.39, 0.29) is 17.5 Å². The number of hydrogen-bond donors (Lipinski definition) is 2. The van der Waals surface area contributed by atoms with E-state index in [4.69, 9.17) is 4.74 Å². The number of nitrogens with one attached hydrogen (secondary N) is 2. The van der Waals surface area contributed by atoms with E-state index in [1.807, 2.05) is 11.0 Å². The minimum Gasteiger partial charge on any atom is -0.489 e. The second-order valence-electron chi connectivity index (χ2n) is 8.22. The monoisotopic (exact) mass is 517 g/mol. The summed E-state index contributed by atoms with van der Waals surface area (Å²) in [5.41, 5.74) is 1.77. The van der Waals surface area contributed by atoms with Crippen molar-refractivity contribution in [1.29, 1.82) is 0 Å². The molecule has 0 bridgehead atoms. The molecule has 0 amide bonds. The Kier molecular flexibility index (Phi) is 6.31. The number of alkyl halides is 3. The molecule has 2 aromatic carbocycles. The molecule has 0 spiro atoms. The number of rotatable bonds is 5. The fraction of sp³-hybridized carbons (Fsp3) is 0.250. The fourth-order valence-corrected chi connectivity index (χ4v) is 5.19. The molecule has 0 saturated heterocycles. The van der Waals surface area contributed by atoms with Crippen molar-refractivity contribution >= 4 is 32.9 Å². The Morgan fingerprint density at radius 2 is 1.83 bits per heavy atom. The molecule has 0 aliphatic carbocycles. The highest BCUT2D eigenvalue weighted by atomic mass is 32.2. The lowest BCUT2D eigenvalue weighted by molar-refractivity contribution is -0.137. The first-order valence-electron chi connectivity index (χ1n) is 11.2. The van der Waals surface area contributed by atoms with Crippen LogP contribution in [0.5, 0.6) is 5.75 Å². The number of fused-ring (bicyclic) bond motifs is 1. The minimum absolute atomic E-state index is 0.0516. The molecule has 5 rings (SSSR count). The van der Waals surface area contributed by atoms with Gasteiger partial charge in [-0.3, -0.25) is 0 Å². The van der Waals surface area contributed by atoms with Gasteiger partial charge in [-0.25, -0.2) is 23.1 Å². The molecule has 2 aliphatic heterocycles. The number of ether oxygens (including phenoxy) is 1. The van der Waals surface area contributed by atoms with Crippen LogP contribution in [0.1, 0.15) is 17.5 Å². The highest BCUT2D eigenvalue weighted by Crippen LogP contribution is 2.43. The van der Waals surface area contributed by atoms with Gasteiger partial charge in [0.05, 0.1) is 22.7 Å². The molecule has 2 aliphatic rings. The molecule has 8 nitrogen and oxygen atoms in total. The van der Waals surface area contributed by atoms with Crippen LogP contribution in [0.4, 0.5) is 30.5 Å². The van der Waals surface area contributed by atoms with Crippen molar-refractivity contribution in [2.45, 2.75) is 17.5 Å². The maximum absolute atomic E-state index is 13.5. The molecule has 36 heavy (non-hydrogen) atoms.